The number of rotatable bonds is 26. The van der Waals surface area contributed by atoms with Crippen molar-refractivity contribution in [3.63, 3.8) is 0 Å². The number of carbonyl (C=O) groups is 1. The van der Waals surface area contributed by atoms with Crippen LogP contribution in [0.2, 0.25) is 0 Å². The minimum Gasteiger partial charge on any atom is -0.298 e. The summed E-state index contributed by atoms with van der Waals surface area (Å²) in [6, 6.07) is 0. The van der Waals surface area contributed by atoms with Crippen LogP contribution in [0.25, 0.3) is 0 Å². The van der Waals surface area contributed by atoms with E-state index in [1.165, 1.54) is 12.8 Å². The van der Waals surface area contributed by atoms with Crippen LogP contribution in [0.5, 0.6) is 0 Å². The molecular weight excluding hydrogens is 1200 g/mol. The molecular formula is C75H148O19. The SMILES string of the molecule is CC(C)(C)CC(C)(C)CC(=O)OOC(C)(C)C.CC(C)(C)OOC1(OOC(C)(C)C)CCC(C(C)(C)C2CCC(OOC(C)(C)C)(OOC(C)(C)C)CC2)CC1.CC(C)(C)OOC1(OOC(C)(C)C)CCCCC1.CCC(C)(C)OOC1(OOC(C)(C)CC)CCCCC1. The van der Waals surface area contributed by atoms with Crippen molar-refractivity contribution in [2.45, 2.75) is 450 Å². The van der Waals surface area contributed by atoms with Gasteiger partial charge in [0, 0.05) is 51.4 Å². The maximum absolute atomic E-state index is 11.6. The van der Waals surface area contributed by atoms with Crippen LogP contribution in [-0.2, 0) is 92.8 Å². The van der Waals surface area contributed by atoms with Crippen LogP contribution >= 0.6 is 0 Å². The molecule has 0 aromatic heterocycles. The fourth-order valence-corrected chi connectivity index (χ4v) is 10.6. The van der Waals surface area contributed by atoms with E-state index in [0.29, 0.717) is 43.9 Å². The molecule has 0 aromatic rings. The van der Waals surface area contributed by atoms with Gasteiger partial charge in [0.25, 0.3) is 0 Å². The Bertz CT molecular complexity index is 1930. The summed E-state index contributed by atoms with van der Waals surface area (Å²) in [5.74, 6) is -2.60. The van der Waals surface area contributed by atoms with Crippen LogP contribution in [0.4, 0.5) is 0 Å². The van der Waals surface area contributed by atoms with E-state index in [4.69, 9.17) is 88.0 Å². The summed E-state index contributed by atoms with van der Waals surface area (Å²) in [7, 11) is 0. The van der Waals surface area contributed by atoms with E-state index in [9.17, 15) is 4.79 Å². The van der Waals surface area contributed by atoms with Gasteiger partial charge in [-0.3, -0.25) is 4.89 Å². The molecule has 0 aromatic carbocycles. The molecule has 562 valence electrons. The maximum atomic E-state index is 11.6. The zero-order valence-electron chi connectivity index (χ0n) is 67.0. The number of hydrogen-bond donors (Lipinski definition) is 0. The van der Waals surface area contributed by atoms with Gasteiger partial charge in [0.05, 0.1) is 51.2 Å². The summed E-state index contributed by atoms with van der Waals surface area (Å²) < 4.78 is 0. The fraction of sp³-hybridized carbons (Fsp3) is 0.987. The van der Waals surface area contributed by atoms with Crippen molar-refractivity contribution in [2.75, 3.05) is 0 Å². The average molecular weight is 1350 g/mol. The first-order valence-corrected chi connectivity index (χ1v) is 36.0. The Labute approximate surface area is 574 Å². The van der Waals surface area contributed by atoms with Crippen molar-refractivity contribution in [3.8, 4) is 0 Å². The van der Waals surface area contributed by atoms with E-state index < -0.39 is 51.2 Å². The molecule has 0 amide bonds. The van der Waals surface area contributed by atoms with Crippen LogP contribution in [-0.4, -0.2) is 79.5 Å². The predicted molar refractivity (Wildman–Crippen MR) is 369 cm³/mol. The summed E-state index contributed by atoms with van der Waals surface area (Å²) in [6.45, 7) is 68.6. The van der Waals surface area contributed by atoms with Gasteiger partial charge in [0.2, 0.25) is 23.1 Å². The molecule has 0 N–H and O–H groups in total. The Hall–Kier alpha value is -1.21. The molecule has 0 atom stereocenters. The quantitative estimate of drug-likeness (QED) is 0.0452. The molecule has 94 heavy (non-hydrogen) atoms. The van der Waals surface area contributed by atoms with Crippen LogP contribution < -0.4 is 0 Å². The normalized spacial score (nSPS) is 20.0. The minimum absolute atomic E-state index is 0.0728. The summed E-state index contributed by atoms with van der Waals surface area (Å²) in [6.07, 6.45) is 19.7. The predicted octanol–water partition coefficient (Wildman–Crippen LogP) is 21.9. The second-order valence-electron chi connectivity index (χ2n) is 38.1. The van der Waals surface area contributed by atoms with Gasteiger partial charge in [0.15, 0.2) is 0 Å². The maximum Gasteiger partial charge on any atom is 0.342 e. The van der Waals surface area contributed by atoms with E-state index in [2.05, 4.69) is 62.3 Å². The largest absolute Gasteiger partial charge is 0.342 e. The average Bonchev–Trinajstić information content (AvgIpc) is 0.781. The van der Waals surface area contributed by atoms with Gasteiger partial charge < -0.3 is 0 Å². The summed E-state index contributed by atoms with van der Waals surface area (Å²) >= 11 is 0. The zero-order valence-corrected chi connectivity index (χ0v) is 67.0. The van der Waals surface area contributed by atoms with Gasteiger partial charge in [-0.25, -0.2) is 43.9 Å². The van der Waals surface area contributed by atoms with Crippen LogP contribution in [0.3, 0.4) is 0 Å². The Kier molecular flexibility index (Phi) is 35.3. The molecule has 0 radical (unpaired) electrons. The van der Waals surface area contributed by atoms with Gasteiger partial charge in [-0.05, 0) is 272 Å². The van der Waals surface area contributed by atoms with Crippen molar-refractivity contribution < 1.29 is 92.8 Å². The third-order valence-electron chi connectivity index (χ3n) is 16.0. The lowest BCUT2D eigenvalue weighted by molar-refractivity contribution is -0.547. The zero-order chi connectivity index (χ0) is 73.0. The Balaban J connectivity index is 0.000000678. The molecule has 0 spiro atoms. The number of hydrogen-bond acceptors (Lipinski definition) is 19. The smallest absolute Gasteiger partial charge is 0.298 e. The second-order valence-corrected chi connectivity index (χ2v) is 38.1. The first-order chi connectivity index (χ1) is 42.1. The molecule has 4 rings (SSSR count). The van der Waals surface area contributed by atoms with Crippen molar-refractivity contribution in [2.24, 2.45) is 28.1 Å². The molecule has 4 aliphatic carbocycles. The van der Waals surface area contributed by atoms with Crippen molar-refractivity contribution in [1.29, 1.82) is 0 Å². The van der Waals surface area contributed by atoms with Gasteiger partial charge in [-0.1, -0.05) is 75.2 Å². The standard InChI is InChI=1S/C31H60O8.C16H32O4.C14H28O4.C14H28O3/c1-25(2,3)32-36-30(37-33-26(4,5)6)19-15-23(16-20-30)29(13,14)24-17-21-31(22-18-24,38-34-27(7,8)9)39-35-28(10,11)12;1-7-14(3,4)17-19-16(12-10-9-11-13-16)20-18-15(5,6)8-2;1-12(2,3)15-17-14(10-8-7-9-11-14)18-16-13(4,5)6;1-12(2,3)10-14(7,8)9-11(15)16-17-13(4,5)6/h23-24H,15-22H2,1-14H3;7-13H2,1-6H3;7-11H2,1-6H3;9-10H2,1-8H3. The van der Waals surface area contributed by atoms with Gasteiger partial charge in [0.1, 0.15) is 5.60 Å². The van der Waals surface area contributed by atoms with Crippen LogP contribution in [0.15, 0.2) is 0 Å². The Morgan fingerprint density at radius 2 is 0.532 bits per heavy atom. The van der Waals surface area contributed by atoms with E-state index in [0.717, 1.165) is 96.3 Å². The lowest BCUT2D eigenvalue weighted by Gasteiger charge is -2.49. The highest BCUT2D eigenvalue weighted by atomic mass is 17.3. The third-order valence-corrected chi connectivity index (χ3v) is 16.0. The lowest BCUT2D eigenvalue weighted by atomic mass is 9.60. The van der Waals surface area contributed by atoms with Crippen molar-refractivity contribution >= 4 is 5.97 Å². The Morgan fingerprint density at radius 3 is 0.745 bits per heavy atom. The molecule has 4 aliphatic rings. The lowest BCUT2D eigenvalue weighted by Crippen LogP contribution is -2.48. The molecule has 0 heterocycles. The van der Waals surface area contributed by atoms with E-state index >= 15 is 0 Å². The molecule has 0 aliphatic heterocycles. The second kappa shape index (κ2) is 36.6. The minimum atomic E-state index is -0.912. The summed E-state index contributed by atoms with van der Waals surface area (Å²) in [5, 5.41) is 0. The van der Waals surface area contributed by atoms with E-state index in [1.54, 1.807) is 0 Å². The highest BCUT2D eigenvalue weighted by molar-refractivity contribution is 5.69. The molecule has 4 fully saturated rings. The van der Waals surface area contributed by atoms with Crippen LogP contribution in [0.1, 0.15) is 377 Å². The van der Waals surface area contributed by atoms with E-state index in [1.807, 2.05) is 173 Å². The van der Waals surface area contributed by atoms with E-state index in [-0.39, 0.29) is 44.6 Å². The molecule has 0 unspecified atom stereocenters. The van der Waals surface area contributed by atoms with Gasteiger partial charge in [-0.15, -0.1) is 0 Å². The molecule has 0 saturated heterocycles. The topological polar surface area (TPSA) is 183 Å². The summed E-state index contributed by atoms with van der Waals surface area (Å²) in [5.41, 5.74) is -3.31. The molecule has 19 nitrogen and oxygen atoms in total. The first-order valence-electron chi connectivity index (χ1n) is 36.0. The molecule has 19 heteroatoms. The van der Waals surface area contributed by atoms with Crippen molar-refractivity contribution in [3.05, 3.63) is 0 Å². The molecule has 4 saturated carbocycles. The third kappa shape index (κ3) is 40.9. The van der Waals surface area contributed by atoms with Gasteiger partial charge >= 0.3 is 5.97 Å². The van der Waals surface area contributed by atoms with Gasteiger partial charge in [-0.2, -0.15) is 44.0 Å². The highest BCUT2D eigenvalue weighted by Gasteiger charge is 2.51. The first kappa shape index (κ1) is 90.8. The Morgan fingerprint density at radius 1 is 0.309 bits per heavy atom. The fourth-order valence-electron chi connectivity index (χ4n) is 10.6. The number of carbonyl (C=O) groups excluding carboxylic acids is 1. The van der Waals surface area contributed by atoms with Crippen LogP contribution in [0, 0.1) is 28.1 Å². The van der Waals surface area contributed by atoms with Crippen molar-refractivity contribution in [1.82, 2.24) is 0 Å². The molecule has 0 bridgehead atoms. The monoisotopic (exact) mass is 1350 g/mol. The highest BCUT2D eigenvalue weighted by Crippen LogP contribution is 2.53. The summed E-state index contributed by atoms with van der Waals surface area (Å²) in [4.78, 5) is 113.